The molecule has 0 bridgehead atoms. The Morgan fingerprint density at radius 1 is 1.43 bits per heavy atom. The molecule has 1 aliphatic carbocycles. The molecule has 1 aromatic rings. The molecule has 5 nitrogen and oxygen atoms in total. The summed E-state index contributed by atoms with van der Waals surface area (Å²) in [6.07, 6.45) is 2.49. The normalized spacial score (nSPS) is 15.4. The summed E-state index contributed by atoms with van der Waals surface area (Å²) in [5, 5.41) is 12.6. The van der Waals surface area contributed by atoms with E-state index in [0.717, 1.165) is 29.7 Å². The van der Waals surface area contributed by atoms with Crippen molar-refractivity contribution in [2.45, 2.75) is 44.8 Å². The summed E-state index contributed by atoms with van der Waals surface area (Å²) >= 11 is 2.75. The van der Waals surface area contributed by atoms with Crippen LogP contribution in [0.5, 0.6) is 0 Å². The third-order valence-electron chi connectivity index (χ3n) is 4.04. The average molecular weight is 352 g/mol. The number of rotatable bonds is 6. The van der Waals surface area contributed by atoms with Crippen molar-refractivity contribution in [3.63, 3.8) is 0 Å². The maximum Gasteiger partial charge on any atom is 0.322 e. The minimum atomic E-state index is -0.563. The van der Waals surface area contributed by atoms with Gasteiger partial charge in [0.15, 0.2) is 0 Å². The molecule has 0 aromatic carbocycles. The Bertz CT molecular complexity index is 657. The van der Waals surface area contributed by atoms with Crippen LogP contribution in [-0.2, 0) is 14.3 Å². The average Bonchev–Trinajstić information content (AvgIpc) is 2.72. The molecule has 0 unspecified atom stereocenters. The molecule has 0 aliphatic heterocycles. The molecule has 1 saturated carbocycles. The van der Waals surface area contributed by atoms with E-state index in [4.69, 9.17) is 4.74 Å². The highest BCUT2D eigenvalue weighted by Crippen LogP contribution is 2.45. The fraction of sp³-hybridized carbons (Fsp3) is 0.562. The van der Waals surface area contributed by atoms with Crippen LogP contribution in [0.15, 0.2) is 0 Å². The molecule has 0 saturated heterocycles. The molecule has 2 rings (SSSR count). The molecule has 1 amide bonds. The summed E-state index contributed by atoms with van der Waals surface area (Å²) in [5.74, 6) is -0.229. The van der Waals surface area contributed by atoms with Crippen LogP contribution in [0.4, 0.5) is 5.00 Å². The van der Waals surface area contributed by atoms with Gasteiger partial charge in [0.2, 0.25) is 5.91 Å². The number of hydrogen-bond donors (Lipinski definition) is 1. The highest BCUT2D eigenvalue weighted by Gasteiger charge is 2.46. The van der Waals surface area contributed by atoms with E-state index in [1.807, 2.05) is 13.8 Å². The van der Waals surface area contributed by atoms with Gasteiger partial charge in [0.05, 0.1) is 17.9 Å². The Balaban J connectivity index is 1.97. The Morgan fingerprint density at radius 2 is 2.13 bits per heavy atom. The number of thioether (sulfide) groups is 1. The fourth-order valence-electron chi connectivity index (χ4n) is 2.38. The zero-order valence-electron chi connectivity index (χ0n) is 13.5. The van der Waals surface area contributed by atoms with Crippen molar-refractivity contribution in [3.8, 4) is 6.07 Å². The lowest BCUT2D eigenvalue weighted by Gasteiger charge is -2.38. The molecule has 23 heavy (non-hydrogen) atoms. The number of thiophene rings is 1. The molecule has 1 N–H and O–H groups in total. The second kappa shape index (κ2) is 7.37. The highest BCUT2D eigenvalue weighted by molar-refractivity contribution is 8.02. The van der Waals surface area contributed by atoms with E-state index >= 15 is 0 Å². The molecule has 1 aliphatic rings. The van der Waals surface area contributed by atoms with Gasteiger partial charge in [0.25, 0.3) is 0 Å². The first-order valence-corrected chi connectivity index (χ1v) is 9.35. The predicted octanol–water partition coefficient (Wildman–Crippen LogP) is 3.39. The van der Waals surface area contributed by atoms with Crippen LogP contribution < -0.4 is 5.32 Å². The van der Waals surface area contributed by atoms with E-state index in [2.05, 4.69) is 11.4 Å². The van der Waals surface area contributed by atoms with Crippen LogP contribution >= 0.6 is 23.1 Å². The largest absolute Gasteiger partial charge is 0.465 e. The van der Waals surface area contributed by atoms with Gasteiger partial charge < -0.3 is 10.1 Å². The SMILES string of the molecule is CCOC(=O)C1(SCC(=O)Nc2sc(C)c(C)c2C#N)CCC1. The standard InChI is InChI=1S/C16H20N2O3S2/c1-4-21-15(20)16(6-5-7-16)22-9-13(19)18-14-12(8-17)10(2)11(3)23-14/h4-7,9H2,1-3H3,(H,18,19). The van der Waals surface area contributed by atoms with Crippen LogP contribution in [-0.4, -0.2) is 29.0 Å². The Labute approximate surface area is 144 Å². The van der Waals surface area contributed by atoms with Crippen molar-refractivity contribution < 1.29 is 14.3 Å². The van der Waals surface area contributed by atoms with Gasteiger partial charge in [-0.05, 0) is 45.6 Å². The number of ether oxygens (including phenoxy) is 1. The highest BCUT2D eigenvalue weighted by atomic mass is 32.2. The number of amides is 1. The summed E-state index contributed by atoms with van der Waals surface area (Å²) in [6.45, 7) is 5.94. The topological polar surface area (TPSA) is 79.2 Å². The quantitative estimate of drug-likeness (QED) is 0.794. The number of hydrogen-bond acceptors (Lipinski definition) is 6. The molecule has 1 fully saturated rings. The van der Waals surface area contributed by atoms with Gasteiger partial charge >= 0.3 is 5.97 Å². The van der Waals surface area contributed by atoms with Crippen LogP contribution in [0, 0.1) is 25.2 Å². The van der Waals surface area contributed by atoms with Crippen LogP contribution in [0.2, 0.25) is 0 Å². The molecule has 1 aromatic heterocycles. The molecule has 124 valence electrons. The molecular weight excluding hydrogens is 332 g/mol. The third kappa shape index (κ3) is 3.70. The first-order chi connectivity index (χ1) is 10.9. The van der Waals surface area contributed by atoms with E-state index in [0.29, 0.717) is 17.2 Å². The number of nitrogens with one attached hydrogen (secondary N) is 1. The minimum Gasteiger partial charge on any atom is -0.465 e. The van der Waals surface area contributed by atoms with E-state index in [-0.39, 0.29) is 17.6 Å². The molecule has 0 atom stereocenters. The minimum absolute atomic E-state index is 0.180. The summed E-state index contributed by atoms with van der Waals surface area (Å²) < 4.78 is 4.56. The molecule has 7 heteroatoms. The van der Waals surface area contributed by atoms with Crippen molar-refractivity contribution in [1.82, 2.24) is 0 Å². The Morgan fingerprint density at radius 3 is 2.65 bits per heavy atom. The Kier molecular flexibility index (Phi) is 5.71. The van der Waals surface area contributed by atoms with Gasteiger partial charge in [-0.15, -0.1) is 23.1 Å². The Hall–Kier alpha value is -1.52. The van der Waals surface area contributed by atoms with Crippen LogP contribution in [0.1, 0.15) is 42.2 Å². The first kappa shape index (κ1) is 17.8. The van der Waals surface area contributed by atoms with Crippen LogP contribution in [0.3, 0.4) is 0 Å². The number of carbonyl (C=O) groups is 2. The van der Waals surface area contributed by atoms with E-state index < -0.39 is 4.75 Å². The lowest BCUT2D eigenvalue weighted by Crippen LogP contribution is -2.44. The van der Waals surface area contributed by atoms with E-state index in [1.165, 1.54) is 23.1 Å². The maximum absolute atomic E-state index is 12.2. The van der Waals surface area contributed by atoms with Crippen molar-refractivity contribution in [3.05, 3.63) is 16.0 Å². The molecule has 1 heterocycles. The van der Waals surface area contributed by atoms with Gasteiger partial charge in [0, 0.05) is 4.88 Å². The van der Waals surface area contributed by atoms with Crippen molar-refractivity contribution in [2.75, 3.05) is 17.7 Å². The monoisotopic (exact) mass is 352 g/mol. The summed E-state index contributed by atoms with van der Waals surface area (Å²) in [5.41, 5.74) is 1.43. The summed E-state index contributed by atoms with van der Waals surface area (Å²) in [6, 6.07) is 2.13. The van der Waals surface area contributed by atoms with E-state index in [9.17, 15) is 14.9 Å². The van der Waals surface area contributed by atoms with Gasteiger partial charge in [0.1, 0.15) is 15.8 Å². The lowest BCUT2D eigenvalue weighted by molar-refractivity contribution is -0.148. The third-order valence-corrected chi connectivity index (χ3v) is 6.70. The number of nitrogens with zero attached hydrogens (tertiary/aromatic N) is 1. The fourth-order valence-corrected chi connectivity index (χ4v) is 4.64. The smallest absolute Gasteiger partial charge is 0.322 e. The number of nitriles is 1. The van der Waals surface area contributed by atoms with Gasteiger partial charge in [-0.1, -0.05) is 0 Å². The van der Waals surface area contributed by atoms with Crippen molar-refractivity contribution in [2.24, 2.45) is 0 Å². The number of esters is 1. The maximum atomic E-state index is 12.2. The number of aryl methyl sites for hydroxylation is 1. The molecule has 0 radical (unpaired) electrons. The summed E-state index contributed by atoms with van der Waals surface area (Å²) in [4.78, 5) is 25.3. The molecular formula is C16H20N2O3S2. The zero-order valence-corrected chi connectivity index (χ0v) is 15.2. The van der Waals surface area contributed by atoms with Crippen molar-refractivity contribution >= 4 is 40.0 Å². The molecule has 0 spiro atoms. The summed E-state index contributed by atoms with van der Waals surface area (Å²) in [7, 11) is 0. The predicted molar refractivity (Wildman–Crippen MR) is 92.8 cm³/mol. The van der Waals surface area contributed by atoms with E-state index in [1.54, 1.807) is 6.92 Å². The number of anilines is 1. The van der Waals surface area contributed by atoms with Gasteiger partial charge in [-0.25, -0.2) is 0 Å². The van der Waals surface area contributed by atoms with Crippen LogP contribution in [0.25, 0.3) is 0 Å². The zero-order chi connectivity index (χ0) is 17.0. The lowest BCUT2D eigenvalue weighted by atomic mass is 9.84. The second-order valence-electron chi connectivity index (χ2n) is 5.50. The van der Waals surface area contributed by atoms with Crippen molar-refractivity contribution in [1.29, 1.82) is 5.26 Å². The number of carbonyl (C=O) groups excluding carboxylic acids is 2. The first-order valence-electron chi connectivity index (χ1n) is 7.54. The van der Waals surface area contributed by atoms with Gasteiger partial charge in [-0.2, -0.15) is 5.26 Å². The second-order valence-corrected chi connectivity index (χ2v) is 8.09. The van der Waals surface area contributed by atoms with Gasteiger partial charge in [-0.3, -0.25) is 9.59 Å².